The minimum absolute atomic E-state index is 0.175. The normalized spacial score (nSPS) is 10.6. The first kappa shape index (κ1) is 17.8. The van der Waals surface area contributed by atoms with E-state index in [0.717, 1.165) is 11.3 Å². The predicted octanol–water partition coefficient (Wildman–Crippen LogP) is 0.818. The van der Waals surface area contributed by atoms with E-state index >= 15 is 0 Å². The summed E-state index contributed by atoms with van der Waals surface area (Å²) < 4.78 is 13.6. The number of hydrogen-bond acceptors (Lipinski definition) is 8. The van der Waals surface area contributed by atoms with Gasteiger partial charge in [0, 0.05) is 6.07 Å². The van der Waals surface area contributed by atoms with Gasteiger partial charge in [-0.1, -0.05) is 12.1 Å². The lowest BCUT2D eigenvalue weighted by atomic mass is 10.2. The highest BCUT2D eigenvalue weighted by Gasteiger charge is 2.11. The fourth-order valence-electron chi connectivity index (χ4n) is 2.27. The van der Waals surface area contributed by atoms with E-state index in [0.29, 0.717) is 10.9 Å². The van der Waals surface area contributed by atoms with Crippen molar-refractivity contribution in [2.75, 3.05) is 14.2 Å². The van der Waals surface area contributed by atoms with Crippen LogP contribution in [-0.2, 0) is 13.2 Å². The zero-order chi connectivity index (χ0) is 18.5. The summed E-state index contributed by atoms with van der Waals surface area (Å²) >= 11 is 4.14. The predicted molar refractivity (Wildman–Crippen MR) is 94.7 cm³/mol. The molecule has 0 atom stereocenters. The molecule has 0 unspecified atom stereocenters. The Morgan fingerprint density at radius 1 is 1.19 bits per heavy atom. The lowest BCUT2D eigenvalue weighted by Gasteiger charge is -2.14. The molecule has 10 heteroatoms. The van der Waals surface area contributed by atoms with E-state index in [1.54, 1.807) is 7.11 Å². The summed E-state index contributed by atoms with van der Waals surface area (Å²) in [6, 6.07) is 8.82. The van der Waals surface area contributed by atoms with Crippen LogP contribution in [0, 0.1) is 0 Å². The topological polar surface area (TPSA) is 93.3 Å². The van der Waals surface area contributed by atoms with Crippen LogP contribution < -0.4 is 19.7 Å². The average molecular weight is 375 g/mol. The Morgan fingerprint density at radius 2 is 1.96 bits per heavy atom. The van der Waals surface area contributed by atoms with Crippen LogP contribution in [0.4, 0.5) is 0 Å². The zero-order valence-corrected chi connectivity index (χ0v) is 15.1. The summed E-state index contributed by atoms with van der Waals surface area (Å²) in [5, 5.41) is 11.3. The third-order valence-corrected chi connectivity index (χ3v) is 3.95. The van der Waals surface area contributed by atoms with E-state index in [1.165, 1.54) is 28.8 Å². The van der Waals surface area contributed by atoms with Crippen molar-refractivity contribution in [3.63, 3.8) is 0 Å². The van der Waals surface area contributed by atoms with Crippen molar-refractivity contribution in [2.24, 2.45) is 0 Å². The van der Waals surface area contributed by atoms with Gasteiger partial charge in [0.05, 0.1) is 25.5 Å². The van der Waals surface area contributed by atoms with Crippen molar-refractivity contribution in [1.29, 1.82) is 0 Å². The number of pyridine rings is 1. The average Bonchev–Trinajstić information content (AvgIpc) is 3.06. The van der Waals surface area contributed by atoms with Crippen molar-refractivity contribution in [3.8, 4) is 11.5 Å². The van der Waals surface area contributed by atoms with Gasteiger partial charge in [-0.2, -0.15) is 4.73 Å². The number of tetrazole rings is 1. The molecule has 2 heterocycles. The Labute approximate surface area is 154 Å². The molecule has 1 aromatic carbocycles. The first-order valence-corrected chi connectivity index (χ1v) is 8.06. The molecule has 136 valence electrons. The Hall–Kier alpha value is -3.01. The Morgan fingerprint density at radius 3 is 2.58 bits per heavy atom. The van der Waals surface area contributed by atoms with Gasteiger partial charge in [0.15, 0.2) is 5.75 Å². The molecule has 0 aliphatic heterocycles. The van der Waals surface area contributed by atoms with Crippen LogP contribution in [0.5, 0.6) is 11.5 Å². The van der Waals surface area contributed by atoms with Crippen LogP contribution in [0.2, 0.25) is 0 Å². The summed E-state index contributed by atoms with van der Waals surface area (Å²) in [6.07, 6.45) is 1.49. The third kappa shape index (κ3) is 3.97. The molecule has 26 heavy (non-hydrogen) atoms. The van der Waals surface area contributed by atoms with Gasteiger partial charge in [0.1, 0.15) is 19.5 Å². The number of ether oxygens (including phenoxy) is 2. The van der Waals surface area contributed by atoms with Crippen LogP contribution in [0.25, 0.3) is 0 Å². The van der Waals surface area contributed by atoms with Gasteiger partial charge < -0.3 is 14.3 Å². The Bertz CT molecular complexity index is 939. The molecule has 0 amide bonds. The minimum atomic E-state index is -0.268. The SMILES string of the molecule is COc1ccc(COc2cn(OC)c(Cn3nnnc3S)cc2=O)cc1. The minimum Gasteiger partial charge on any atom is -0.497 e. The van der Waals surface area contributed by atoms with E-state index in [-0.39, 0.29) is 24.3 Å². The number of nitrogens with zero attached hydrogens (tertiary/aromatic N) is 5. The highest BCUT2D eigenvalue weighted by molar-refractivity contribution is 7.80. The Balaban J connectivity index is 1.77. The second-order valence-corrected chi connectivity index (χ2v) is 5.67. The first-order valence-electron chi connectivity index (χ1n) is 7.61. The van der Waals surface area contributed by atoms with Crippen molar-refractivity contribution in [1.82, 2.24) is 24.9 Å². The second kappa shape index (κ2) is 7.91. The molecule has 0 N–H and O–H groups in total. The van der Waals surface area contributed by atoms with Crippen molar-refractivity contribution in [3.05, 3.63) is 58.0 Å². The molecular formula is C16H17N5O4S. The van der Waals surface area contributed by atoms with Gasteiger partial charge in [-0.05, 0) is 28.1 Å². The maximum atomic E-state index is 12.3. The number of aromatic nitrogens is 5. The van der Waals surface area contributed by atoms with Crippen molar-refractivity contribution < 1.29 is 14.3 Å². The van der Waals surface area contributed by atoms with Gasteiger partial charge in [0.2, 0.25) is 10.6 Å². The van der Waals surface area contributed by atoms with Crippen LogP contribution in [0.3, 0.4) is 0 Å². The highest BCUT2D eigenvalue weighted by Crippen LogP contribution is 2.14. The maximum Gasteiger partial charge on any atom is 0.223 e. The maximum absolute atomic E-state index is 12.3. The molecule has 0 bridgehead atoms. The quantitative estimate of drug-likeness (QED) is 0.611. The molecule has 0 fully saturated rings. The highest BCUT2D eigenvalue weighted by atomic mass is 32.1. The van der Waals surface area contributed by atoms with Crippen molar-refractivity contribution in [2.45, 2.75) is 18.3 Å². The molecular weight excluding hydrogens is 358 g/mol. The van der Waals surface area contributed by atoms with Crippen LogP contribution in [0.15, 0.2) is 46.5 Å². The van der Waals surface area contributed by atoms with Crippen molar-refractivity contribution >= 4 is 12.6 Å². The van der Waals surface area contributed by atoms with E-state index < -0.39 is 0 Å². The standard InChI is InChI=1S/C16H17N5O4S/c1-23-13-5-3-11(4-6-13)10-25-15-9-21(24-2)12(7-14(15)22)8-20-16(26)17-18-19-20/h3-7,9H,8,10H2,1-2H3,(H,17,19,26). The number of rotatable bonds is 7. The van der Waals surface area contributed by atoms with E-state index in [4.69, 9.17) is 14.3 Å². The molecule has 0 radical (unpaired) electrons. The first-order chi connectivity index (χ1) is 12.6. The van der Waals surface area contributed by atoms with Gasteiger partial charge in [-0.15, -0.1) is 17.7 Å². The van der Waals surface area contributed by atoms with Gasteiger partial charge in [-0.3, -0.25) is 4.79 Å². The number of benzene rings is 1. The fourth-order valence-corrected chi connectivity index (χ4v) is 2.42. The third-order valence-electron chi connectivity index (χ3n) is 3.63. The summed E-state index contributed by atoms with van der Waals surface area (Å²) in [7, 11) is 3.09. The van der Waals surface area contributed by atoms with Gasteiger partial charge >= 0.3 is 0 Å². The summed E-state index contributed by atoms with van der Waals surface area (Å²) in [5.41, 5.74) is 1.19. The van der Waals surface area contributed by atoms with E-state index in [1.807, 2.05) is 24.3 Å². The van der Waals surface area contributed by atoms with Crippen LogP contribution in [0.1, 0.15) is 11.3 Å². The van der Waals surface area contributed by atoms with Crippen LogP contribution in [-0.4, -0.2) is 39.2 Å². The van der Waals surface area contributed by atoms with Gasteiger partial charge in [0.25, 0.3) is 0 Å². The largest absolute Gasteiger partial charge is 0.497 e. The summed E-state index contributed by atoms with van der Waals surface area (Å²) in [6.45, 7) is 0.476. The number of hydrogen-bond donors (Lipinski definition) is 1. The molecule has 0 aliphatic rings. The van der Waals surface area contributed by atoms with Crippen LogP contribution >= 0.6 is 12.6 Å². The second-order valence-electron chi connectivity index (χ2n) is 5.27. The Kier molecular flexibility index (Phi) is 5.42. The molecule has 0 spiro atoms. The summed E-state index contributed by atoms with van der Waals surface area (Å²) in [5.74, 6) is 0.931. The van der Waals surface area contributed by atoms with Gasteiger partial charge in [-0.25, -0.2) is 4.68 Å². The molecule has 3 aromatic rings. The number of methoxy groups -OCH3 is 1. The molecule has 3 rings (SSSR count). The summed E-state index contributed by atoms with van der Waals surface area (Å²) in [4.78, 5) is 17.6. The lowest BCUT2D eigenvalue weighted by Crippen LogP contribution is -2.21. The monoisotopic (exact) mass is 375 g/mol. The lowest BCUT2D eigenvalue weighted by molar-refractivity contribution is 0.150. The van der Waals surface area contributed by atoms with E-state index in [2.05, 4.69) is 28.2 Å². The molecule has 0 saturated heterocycles. The molecule has 0 aliphatic carbocycles. The van der Waals surface area contributed by atoms with E-state index in [9.17, 15) is 4.79 Å². The molecule has 0 saturated carbocycles. The fraction of sp³-hybridized carbons (Fsp3) is 0.250. The molecule has 9 nitrogen and oxygen atoms in total. The number of thiol groups is 1. The molecule has 2 aromatic heterocycles. The smallest absolute Gasteiger partial charge is 0.223 e. The zero-order valence-electron chi connectivity index (χ0n) is 14.2.